The Bertz CT molecular complexity index is 1170. The number of fused-ring (bicyclic) bond motifs is 1. The van der Waals surface area contributed by atoms with Crippen molar-refractivity contribution in [2.75, 3.05) is 45.8 Å². The summed E-state index contributed by atoms with van der Waals surface area (Å²) in [6.07, 6.45) is 2.17. The molecule has 3 amide bonds. The highest BCUT2D eigenvalue weighted by Crippen LogP contribution is 2.34. The van der Waals surface area contributed by atoms with E-state index in [1.165, 1.54) is 12.1 Å². The molecule has 3 aliphatic heterocycles. The van der Waals surface area contributed by atoms with Crippen LogP contribution in [0.5, 0.6) is 0 Å². The number of carbonyl (C=O) groups excluding carboxylic acids is 3. The second-order valence-corrected chi connectivity index (χ2v) is 11.5. The van der Waals surface area contributed by atoms with Crippen LogP contribution in [0.3, 0.4) is 0 Å². The van der Waals surface area contributed by atoms with Crippen LogP contribution in [0.1, 0.15) is 48.1 Å². The third kappa shape index (κ3) is 6.28. The summed E-state index contributed by atoms with van der Waals surface area (Å²) in [6, 6.07) is 14.3. The lowest BCUT2D eigenvalue weighted by atomic mass is 9.94. The number of rotatable bonds is 7. The topological polar surface area (TPSA) is 73.0 Å². The molecule has 0 bridgehead atoms. The number of nitrogens with one attached hydrogen (secondary N) is 1. The molecule has 5 rings (SSSR count). The molecule has 3 fully saturated rings. The minimum atomic E-state index is -0.579. The number of amides is 3. The van der Waals surface area contributed by atoms with Gasteiger partial charge in [-0.2, -0.15) is 0 Å². The van der Waals surface area contributed by atoms with Crippen molar-refractivity contribution >= 4 is 29.3 Å². The van der Waals surface area contributed by atoms with E-state index in [4.69, 9.17) is 11.6 Å². The van der Waals surface area contributed by atoms with E-state index in [1.807, 2.05) is 23.1 Å². The van der Waals surface area contributed by atoms with Gasteiger partial charge in [-0.3, -0.25) is 14.4 Å². The van der Waals surface area contributed by atoms with Gasteiger partial charge in [-0.05, 0) is 48.8 Å². The molecule has 0 saturated carbocycles. The zero-order valence-electron chi connectivity index (χ0n) is 22.3. The molecular formula is C30H36ClFN4O3. The van der Waals surface area contributed by atoms with Gasteiger partial charge in [0.1, 0.15) is 5.82 Å². The average molecular weight is 555 g/mol. The third-order valence-electron chi connectivity index (χ3n) is 8.59. The summed E-state index contributed by atoms with van der Waals surface area (Å²) in [5.74, 6) is -0.179. The van der Waals surface area contributed by atoms with Gasteiger partial charge in [-0.25, -0.2) is 4.39 Å². The van der Waals surface area contributed by atoms with Crippen molar-refractivity contribution < 1.29 is 18.8 Å². The molecule has 9 heteroatoms. The molecule has 208 valence electrons. The molecule has 0 spiro atoms. The first-order chi connectivity index (χ1) is 18.8. The Morgan fingerprint density at radius 2 is 1.62 bits per heavy atom. The number of benzene rings is 2. The molecule has 0 aliphatic carbocycles. The zero-order chi connectivity index (χ0) is 27.5. The summed E-state index contributed by atoms with van der Waals surface area (Å²) >= 11 is 6.13. The fourth-order valence-electron chi connectivity index (χ4n) is 6.36. The van der Waals surface area contributed by atoms with Crippen LogP contribution in [-0.2, 0) is 9.59 Å². The fraction of sp³-hybridized carbons (Fsp3) is 0.500. The second kappa shape index (κ2) is 12.0. The minimum absolute atomic E-state index is 0.0376. The SMILES string of the molecule is CC(=O)N1CCC(C(=O)N[C@@H](CCN2CC3CN(C(=O)c4c(F)cccc4Cl)CC3C2)c2ccccc2)CC1. The van der Waals surface area contributed by atoms with E-state index in [0.717, 1.165) is 31.6 Å². The number of piperidine rings is 1. The number of nitrogens with zero attached hydrogens (tertiary/aromatic N) is 3. The van der Waals surface area contributed by atoms with Crippen molar-refractivity contribution in [1.82, 2.24) is 20.0 Å². The minimum Gasteiger partial charge on any atom is -0.349 e. The normalized spacial score (nSPS) is 22.5. The van der Waals surface area contributed by atoms with Gasteiger partial charge < -0.3 is 20.0 Å². The second-order valence-electron chi connectivity index (χ2n) is 11.1. The van der Waals surface area contributed by atoms with Crippen LogP contribution in [0, 0.1) is 23.6 Å². The van der Waals surface area contributed by atoms with Gasteiger partial charge in [0, 0.05) is 58.7 Å². The molecule has 3 saturated heterocycles. The number of likely N-dealkylation sites (tertiary alicyclic amines) is 3. The van der Waals surface area contributed by atoms with Crippen LogP contribution in [-0.4, -0.2) is 78.2 Å². The smallest absolute Gasteiger partial charge is 0.258 e. The van der Waals surface area contributed by atoms with Gasteiger partial charge >= 0.3 is 0 Å². The first-order valence-corrected chi connectivity index (χ1v) is 14.2. The maximum atomic E-state index is 14.3. The number of carbonyl (C=O) groups is 3. The van der Waals surface area contributed by atoms with E-state index in [0.29, 0.717) is 50.9 Å². The Labute approximate surface area is 234 Å². The van der Waals surface area contributed by atoms with Crippen molar-refractivity contribution in [2.24, 2.45) is 17.8 Å². The van der Waals surface area contributed by atoms with E-state index in [-0.39, 0.29) is 40.3 Å². The summed E-state index contributed by atoms with van der Waals surface area (Å²) < 4.78 is 14.3. The largest absolute Gasteiger partial charge is 0.349 e. The third-order valence-corrected chi connectivity index (χ3v) is 8.90. The Kier molecular flexibility index (Phi) is 8.52. The number of halogens is 2. The lowest BCUT2D eigenvalue weighted by Crippen LogP contribution is -2.43. The van der Waals surface area contributed by atoms with Gasteiger partial charge in [0.15, 0.2) is 0 Å². The molecule has 3 heterocycles. The molecule has 0 aromatic heterocycles. The highest BCUT2D eigenvalue weighted by molar-refractivity contribution is 6.33. The molecule has 3 atom stereocenters. The molecule has 39 heavy (non-hydrogen) atoms. The maximum absolute atomic E-state index is 14.3. The summed E-state index contributed by atoms with van der Waals surface area (Å²) in [7, 11) is 0. The van der Waals surface area contributed by atoms with Gasteiger partial charge in [0.2, 0.25) is 11.8 Å². The monoisotopic (exact) mass is 554 g/mol. The predicted molar refractivity (Wildman–Crippen MR) is 148 cm³/mol. The predicted octanol–water partition coefficient (Wildman–Crippen LogP) is 3.99. The van der Waals surface area contributed by atoms with Crippen LogP contribution in [0.25, 0.3) is 0 Å². The molecule has 2 aromatic rings. The molecule has 2 aromatic carbocycles. The first-order valence-electron chi connectivity index (χ1n) is 13.9. The highest BCUT2D eigenvalue weighted by Gasteiger charge is 2.42. The standard InChI is InChI=1S/C30H36ClFN4O3/c1-20(37)35-14-10-22(11-15-35)29(38)33-27(21-6-3-2-4-7-21)12-13-34-16-23-18-36(19-24(23)17-34)30(39)28-25(31)8-5-9-26(28)32/h2-9,22-24,27H,10-19H2,1H3,(H,33,38)/t23?,24?,27-/m0/s1. The summed E-state index contributed by atoms with van der Waals surface area (Å²) in [4.78, 5) is 43.8. The molecule has 1 N–H and O–H groups in total. The number of hydrogen-bond donors (Lipinski definition) is 1. The zero-order valence-corrected chi connectivity index (χ0v) is 23.1. The molecule has 3 aliphatic rings. The Morgan fingerprint density at radius 1 is 0.949 bits per heavy atom. The van der Waals surface area contributed by atoms with Gasteiger partial charge in [0.05, 0.1) is 16.6 Å². The van der Waals surface area contributed by atoms with Gasteiger partial charge in [0.25, 0.3) is 5.91 Å². The van der Waals surface area contributed by atoms with E-state index < -0.39 is 5.82 Å². The molecule has 0 radical (unpaired) electrons. The van der Waals surface area contributed by atoms with Crippen LogP contribution in [0.4, 0.5) is 4.39 Å². The van der Waals surface area contributed by atoms with E-state index in [9.17, 15) is 18.8 Å². The molecular weight excluding hydrogens is 519 g/mol. The van der Waals surface area contributed by atoms with Crippen molar-refractivity contribution in [2.45, 2.75) is 32.2 Å². The maximum Gasteiger partial charge on any atom is 0.258 e. The Morgan fingerprint density at radius 3 is 2.23 bits per heavy atom. The summed E-state index contributed by atoms with van der Waals surface area (Å²) in [6.45, 7) is 6.61. The number of hydrogen-bond acceptors (Lipinski definition) is 4. The van der Waals surface area contributed by atoms with Crippen LogP contribution in [0.15, 0.2) is 48.5 Å². The quantitative estimate of drug-likeness (QED) is 0.562. The summed E-state index contributed by atoms with van der Waals surface area (Å²) in [5.41, 5.74) is 1.05. The van der Waals surface area contributed by atoms with E-state index >= 15 is 0 Å². The van der Waals surface area contributed by atoms with Crippen molar-refractivity contribution in [1.29, 1.82) is 0 Å². The fourth-order valence-corrected chi connectivity index (χ4v) is 6.61. The van der Waals surface area contributed by atoms with Crippen LogP contribution in [0.2, 0.25) is 5.02 Å². The van der Waals surface area contributed by atoms with Gasteiger partial charge in [-0.15, -0.1) is 0 Å². The summed E-state index contributed by atoms with van der Waals surface area (Å²) in [5, 5.41) is 3.45. The van der Waals surface area contributed by atoms with Crippen molar-refractivity contribution in [3.05, 3.63) is 70.5 Å². The lowest BCUT2D eigenvalue weighted by Gasteiger charge is -2.32. The highest BCUT2D eigenvalue weighted by atomic mass is 35.5. The molecule has 2 unspecified atom stereocenters. The van der Waals surface area contributed by atoms with E-state index in [1.54, 1.807) is 17.9 Å². The van der Waals surface area contributed by atoms with Crippen molar-refractivity contribution in [3.63, 3.8) is 0 Å². The van der Waals surface area contributed by atoms with Gasteiger partial charge in [-0.1, -0.05) is 48.0 Å². The Hall–Kier alpha value is -2.97. The lowest BCUT2D eigenvalue weighted by molar-refractivity contribution is -0.134. The first kappa shape index (κ1) is 27.6. The average Bonchev–Trinajstić information content (AvgIpc) is 3.50. The van der Waals surface area contributed by atoms with Crippen LogP contribution >= 0.6 is 11.6 Å². The van der Waals surface area contributed by atoms with Crippen LogP contribution < -0.4 is 5.32 Å². The molecule has 7 nitrogen and oxygen atoms in total. The van der Waals surface area contributed by atoms with Crippen molar-refractivity contribution in [3.8, 4) is 0 Å². The Balaban J connectivity index is 1.15. The van der Waals surface area contributed by atoms with E-state index in [2.05, 4.69) is 22.3 Å².